The normalized spacial score (nSPS) is 10.3. The van der Waals surface area contributed by atoms with Crippen molar-refractivity contribution in [2.45, 2.75) is 20.4 Å². The molecule has 0 saturated carbocycles. The number of hydrogen-bond acceptors (Lipinski definition) is 6. The quantitative estimate of drug-likeness (QED) is 0.374. The fourth-order valence-electron chi connectivity index (χ4n) is 3.26. The molecule has 0 aliphatic carbocycles. The van der Waals surface area contributed by atoms with Gasteiger partial charge in [-0.25, -0.2) is 4.98 Å². The zero-order valence-corrected chi connectivity index (χ0v) is 18.0. The van der Waals surface area contributed by atoms with Crippen LogP contribution in [-0.4, -0.2) is 27.5 Å². The molecule has 0 spiro atoms. The van der Waals surface area contributed by atoms with Crippen LogP contribution in [0, 0.1) is 0 Å². The first-order valence-electron chi connectivity index (χ1n) is 10.2. The zero-order valence-electron chi connectivity index (χ0n) is 18.0. The van der Waals surface area contributed by atoms with Gasteiger partial charge in [0.05, 0.1) is 6.61 Å². The maximum Gasteiger partial charge on any atom is 0.302 e. The highest BCUT2D eigenvalue weighted by Crippen LogP contribution is 2.28. The van der Waals surface area contributed by atoms with E-state index in [1.54, 1.807) is 19.2 Å². The summed E-state index contributed by atoms with van der Waals surface area (Å²) in [6.07, 6.45) is 1.55. The van der Waals surface area contributed by atoms with Gasteiger partial charge >= 0.3 is 5.97 Å². The molecule has 3 N–H and O–H groups in total. The van der Waals surface area contributed by atoms with Crippen LogP contribution in [0.15, 0.2) is 77.7 Å². The molecule has 0 saturated heterocycles. The second kappa shape index (κ2) is 10.4. The number of nitrogens with two attached hydrogens (primary N) is 1. The van der Waals surface area contributed by atoms with E-state index in [-0.39, 0.29) is 11.6 Å². The molecular weight excluding hydrogens is 406 g/mol. The summed E-state index contributed by atoms with van der Waals surface area (Å²) in [5, 5.41) is 10.6. The molecular formula is C25H25N3O4. The van der Waals surface area contributed by atoms with Gasteiger partial charge in [-0.2, -0.15) is 0 Å². The van der Waals surface area contributed by atoms with Gasteiger partial charge in [0.2, 0.25) is 0 Å². The minimum atomic E-state index is -0.507. The lowest BCUT2D eigenvalue weighted by molar-refractivity contribution is -0.140. The highest BCUT2D eigenvalue weighted by Gasteiger charge is 2.11. The smallest absolute Gasteiger partial charge is 0.302 e. The predicted octanol–water partition coefficient (Wildman–Crippen LogP) is 4.00. The van der Waals surface area contributed by atoms with Gasteiger partial charge in [-0.05, 0) is 46.9 Å². The summed E-state index contributed by atoms with van der Waals surface area (Å²) >= 11 is 0. The molecule has 164 valence electrons. The fraction of sp³-hybridized carbons (Fsp3) is 0.160. The van der Waals surface area contributed by atoms with E-state index in [9.17, 15) is 14.8 Å². The van der Waals surface area contributed by atoms with E-state index in [0.29, 0.717) is 17.9 Å². The maximum absolute atomic E-state index is 12.0. The monoisotopic (exact) mass is 431 g/mol. The van der Waals surface area contributed by atoms with E-state index in [4.69, 9.17) is 5.73 Å². The highest BCUT2D eigenvalue weighted by atomic mass is 16.5. The predicted molar refractivity (Wildman–Crippen MR) is 124 cm³/mol. The molecule has 7 nitrogen and oxygen atoms in total. The maximum atomic E-state index is 12.0. The molecule has 0 unspecified atom stereocenters. The van der Waals surface area contributed by atoms with Gasteiger partial charge in [-0.15, -0.1) is 4.73 Å². The SMILES string of the molecule is CCOC(C)=O.NCc1ccc(-c2ccc(-c3cc(=O)n(O)c4ncccc34)cc2)cc1. The number of nitrogens with zero attached hydrogens (tertiary/aromatic N) is 2. The Kier molecular flexibility index (Phi) is 7.36. The van der Waals surface area contributed by atoms with Crippen LogP contribution in [0.3, 0.4) is 0 Å². The summed E-state index contributed by atoms with van der Waals surface area (Å²) in [5.74, 6) is -0.211. The van der Waals surface area contributed by atoms with Crippen molar-refractivity contribution in [3.05, 3.63) is 88.8 Å². The van der Waals surface area contributed by atoms with Crippen LogP contribution in [0.1, 0.15) is 19.4 Å². The van der Waals surface area contributed by atoms with E-state index >= 15 is 0 Å². The summed E-state index contributed by atoms with van der Waals surface area (Å²) in [7, 11) is 0. The zero-order chi connectivity index (χ0) is 23.1. The second-order valence-electron chi connectivity index (χ2n) is 6.99. The lowest BCUT2D eigenvalue weighted by atomic mass is 9.98. The minimum Gasteiger partial charge on any atom is -0.466 e. The summed E-state index contributed by atoms with van der Waals surface area (Å²) in [4.78, 5) is 26.0. The second-order valence-corrected chi connectivity index (χ2v) is 6.99. The molecule has 7 heteroatoms. The molecule has 2 aromatic heterocycles. The molecule has 0 radical (unpaired) electrons. The first-order chi connectivity index (χ1) is 15.4. The van der Waals surface area contributed by atoms with Crippen LogP contribution < -0.4 is 11.3 Å². The number of esters is 1. The number of rotatable bonds is 4. The Labute approximate surface area is 185 Å². The standard InChI is InChI=1S/C21H17N3O2.C4H8O2/c22-13-14-3-5-15(6-4-14)16-7-9-17(10-8-16)19-12-20(25)24(26)21-18(19)2-1-11-23-21;1-3-6-4(2)5/h1-12,26H,13,22H2;3H2,1-2H3. The van der Waals surface area contributed by atoms with Gasteiger partial charge in [-0.3, -0.25) is 9.59 Å². The van der Waals surface area contributed by atoms with Crippen LogP contribution in [-0.2, 0) is 16.1 Å². The Morgan fingerprint density at radius 3 is 2.16 bits per heavy atom. The van der Waals surface area contributed by atoms with Gasteiger partial charge in [-0.1, -0.05) is 48.5 Å². The van der Waals surface area contributed by atoms with Gasteiger partial charge in [0.15, 0.2) is 5.65 Å². The van der Waals surface area contributed by atoms with Crippen molar-refractivity contribution in [2.24, 2.45) is 5.73 Å². The number of benzene rings is 2. The van der Waals surface area contributed by atoms with Gasteiger partial charge in [0.1, 0.15) is 0 Å². The Morgan fingerprint density at radius 2 is 1.62 bits per heavy atom. The average Bonchev–Trinajstić information content (AvgIpc) is 2.82. The number of ether oxygens (including phenoxy) is 1. The molecule has 0 aliphatic rings. The summed E-state index contributed by atoms with van der Waals surface area (Å²) in [5.41, 5.74) is 10.3. The minimum absolute atomic E-state index is 0.211. The molecule has 0 aliphatic heterocycles. The van der Waals surface area contributed by atoms with Crippen molar-refractivity contribution < 1.29 is 14.7 Å². The van der Waals surface area contributed by atoms with Crippen LogP contribution in [0.2, 0.25) is 0 Å². The van der Waals surface area contributed by atoms with Crippen LogP contribution in [0.25, 0.3) is 33.3 Å². The Hall–Kier alpha value is -3.97. The first-order valence-corrected chi connectivity index (χ1v) is 10.2. The molecule has 2 aromatic carbocycles. The number of aromatic nitrogens is 2. The molecule has 2 heterocycles. The number of fused-ring (bicyclic) bond motifs is 1. The van der Waals surface area contributed by atoms with Crippen molar-refractivity contribution in [2.75, 3.05) is 6.61 Å². The molecule has 4 aromatic rings. The Morgan fingerprint density at radius 1 is 1.03 bits per heavy atom. The molecule has 0 fully saturated rings. The van der Waals surface area contributed by atoms with Crippen LogP contribution >= 0.6 is 0 Å². The van der Waals surface area contributed by atoms with Crippen molar-refractivity contribution in [1.82, 2.24) is 9.71 Å². The van der Waals surface area contributed by atoms with E-state index in [2.05, 4.69) is 9.72 Å². The highest BCUT2D eigenvalue weighted by molar-refractivity contribution is 5.92. The van der Waals surface area contributed by atoms with Gasteiger partial charge < -0.3 is 15.7 Å². The average molecular weight is 431 g/mol. The fourth-order valence-corrected chi connectivity index (χ4v) is 3.26. The summed E-state index contributed by atoms with van der Waals surface area (Å²) < 4.78 is 4.98. The third kappa shape index (κ3) is 5.19. The van der Waals surface area contributed by atoms with E-state index < -0.39 is 5.56 Å². The van der Waals surface area contributed by atoms with Crippen LogP contribution in [0.4, 0.5) is 0 Å². The van der Waals surface area contributed by atoms with E-state index in [1.165, 1.54) is 13.0 Å². The van der Waals surface area contributed by atoms with Gasteiger partial charge in [0, 0.05) is 31.1 Å². The molecule has 0 bridgehead atoms. The summed E-state index contributed by atoms with van der Waals surface area (Å²) in [6, 6.07) is 21.1. The molecule has 32 heavy (non-hydrogen) atoms. The molecule has 0 amide bonds. The largest absolute Gasteiger partial charge is 0.466 e. The molecule has 4 rings (SSSR count). The number of carbonyl (C=O) groups excluding carboxylic acids is 1. The van der Waals surface area contributed by atoms with Crippen molar-refractivity contribution >= 4 is 17.0 Å². The lowest BCUT2D eigenvalue weighted by Gasteiger charge is -2.09. The summed E-state index contributed by atoms with van der Waals surface area (Å²) in [6.45, 7) is 4.18. The van der Waals surface area contributed by atoms with E-state index in [1.807, 2.05) is 54.6 Å². The number of carbonyl (C=O) groups is 1. The van der Waals surface area contributed by atoms with Gasteiger partial charge in [0.25, 0.3) is 5.56 Å². The first kappa shape index (κ1) is 22.7. The number of hydrogen-bond donors (Lipinski definition) is 2. The number of pyridine rings is 2. The Bertz CT molecular complexity index is 1260. The van der Waals surface area contributed by atoms with Crippen molar-refractivity contribution in [3.8, 4) is 22.3 Å². The van der Waals surface area contributed by atoms with Crippen molar-refractivity contribution in [1.29, 1.82) is 0 Å². The lowest BCUT2D eigenvalue weighted by Crippen LogP contribution is -2.18. The van der Waals surface area contributed by atoms with E-state index in [0.717, 1.165) is 33.2 Å². The topological polar surface area (TPSA) is 107 Å². The molecule has 0 atom stereocenters. The Balaban J connectivity index is 0.000000427. The third-order valence-corrected chi connectivity index (χ3v) is 4.82. The van der Waals surface area contributed by atoms with Crippen molar-refractivity contribution in [3.63, 3.8) is 0 Å². The third-order valence-electron chi connectivity index (χ3n) is 4.82. The van der Waals surface area contributed by atoms with Crippen LogP contribution in [0.5, 0.6) is 0 Å².